The number of nitrogens with two attached hydrogens (primary N) is 1. The standard InChI is InChI=1S/C14H21N3O3/c1-19-11-4-3-10(7-12(11)20-2)16-9-14(5-6-14)8-13(15)17-18/h3-4,7,16,18H,5-6,8-9H2,1-2H3,(H2,15,17). The Bertz CT molecular complexity index is 498. The van der Waals surface area contributed by atoms with Gasteiger partial charge in [-0.3, -0.25) is 0 Å². The van der Waals surface area contributed by atoms with Crippen LogP contribution in [0, 0.1) is 5.41 Å². The largest absolute Gasteiger partial charge is 0.493 e. The molecule has 1 fully saturated rings. The predicted octanol–water partition coefficient (Wildman–Crippen LogP) is 2.03. The molecule has 1 aliphatic carbocycles. The molecule has 0 heterocycles. The summed E-state index contributed by atoms with van der Waals surface area (Å²) in [6.07, 6.45) is 2.79. The smallest absolute Gasteiger partial charge is 0.162 e. The molecule has 20 heavy (non-hydrogen) atoms. The van der Waals surface area contributed by atoms with E-state index in [0.29, 0.717) is 17.9 Å². The number of nitrogens with zero attached hydrogens (tertiary/aromatic N) is 1. The molecular formula is C14H21N3O3. The Morgan fingerprint density at radius 2 is 2.05 bits per heavy atom. The topological polar surface area (TPSA) is 89.1 Å². The van der Waals surface area contributed by atoms with Gasteiger partial charge < -0.3 is 25.7 Å². The van der Waals surface area contributed by atoms with Crippen LogP contribution in [0.3, 0.4) is 0 Å². The molecule has 0 aliphatic heterocycles. The van der Waals surface area contributed by atoms with Crippen LogP contribution in [0.5, 0.6) is 11.5 Å². The van der Waals surface area contributed by atoms with E-state index in [1.165, 1.54) is 0 Å². The van der Waals surface area contributed by atoms with Crippen LogP contribution in [0.2, 0.25) is 0 Å². The number of hydrogen-bond donors (Lipinski definition) is 3. The summed E-state index contributed by atoms with van der Waals surface area (Å²) in [4.78, 5) is 0. The molecule has 4 N–H and O–H groups in total. The highest BCUT2D eigenvalue weighted by Gasteiger charge is 2.43. The van der Waals surface area contributed by atoms with Gasteiger partial charge in [0, 0.05) is 24.7 Å². The SMILES string of the molecule is COc1ccc(NCC2(CC(N)=NO)CC2)cc1OC. The van der Waals surface area contributed by atoms with E-state index in [-0.39, 0.29) is 11.3 Å². The number of oxime groups is 1. The molecule has 1 saturated carbocycles. The first-order valence-electron chi connectivity index (χ1n) is 6.55. The van der Waals surface area contributed by atoms with Crippen molar-refractivity contribution in [3.63, 3.8) is 0 Å². The maximum absolute atomic E-state index is 8.65. The second-order valence-corrected chi connectivity index (χ2v) is 5.19. The number of ether oxygens (including phenoxy) is 2. The quantitative estimate of drug-likeness (QED) is 0.307. The van der Waals surface area contributed by atoms with E-state index in [1.807, 2.05) is 18.2 Å². The van der Waals surface area contributed by atoms with Crippen LogP contribution >= 0.6 is 0 Å². The second-order valence-electron chi connectivity index (χ2n) is 5.19. The fraction of sp³-hybridized carbons (Fsp3) is 0.500. The molecule has 0 radical (unpaired) electrons. The lowest BCUT2D eigenvalue weighted by atomic mass is 10.0. The summed E-state index contributed by atoms with van der Waals surface area (Å²) >= 11 is 0. The molecule has 6 heteroatoms. The summed E-state index contributed by atoms with van der Waals surface area (Å²) in [5.41, 5.74) is 6.67. The van der Waals surface area contributed by atoms with Crippen molar-refractivity contribution < 1.29 is 14.7 Å². The molecule has 110 valence electrons. The Balaban J connectivity index is 1.97. The summed E-state index contributed by atoms with van der Waals surface area (Å²) in [6, 6.07) is 5.71. The van der Waals surface area contributed by atoms with Crippen molar-refractivity contribution in [2.24, 2.45) is 16.3 Å². The predicted molar refractivity (Wildman–Crippen MR) is 77.7 cm³/mol. The zero-order valence-corrected chi connectivity index (χ0v) is 11.8. The maximum atomic E-state index is 8.65. The van der Waals surface area contributed by atoms with Crippen LogP contribution in [0.25, 0.3) is 0 Å². The summed E-state index contributed by atoms with van der Waals surface area (Å²) in [6.45, 7) is 0.790. The average Bonchev–Trinajstić information content (AvgIpc) is 3.24. The number of rotatable bonds is 7. The van der Waals surface area contributed by atoms with E-state index in [2.05, 4.69) is 10.5 Å². The fourth-order valence-electron chi connectivity index (χ4n) is 2.25. The normalized spacial score (nSPS) is 16.6. The lowest BCUT2D eigenvalue weighted by Gasteiger charge is -2.17. The van der Waals surface area contributed by atoms with Crippen molar-refractivity contribution in [3.05, 3.63) is 18.2 Å². The molecule has 2 rings (SSSR count). The van der Waals surface area contributed by atoms with Gasteiger partial charge in [0.05, 0.1) is 14.2 Å². The van der Waals surface area contributed by atoms with Crippen LogP contribution in [0.1, 0.15) is 19.3 Å². The van der Waals surface area contributed by atoms with Crippen molar-refractivity contribution in [3.8, 4) is 11.5 Å². The highest BCUT2D eigenvalue weighted by Crippen LogP contribution is 2.48. The first-order chi connectivity index (χ1) is 9.62. The number of amidine groups is 1. The summed E-state index contributed by atoms with van der Waals surface area (Å²) < 4.78 is 10.5. The Hall–Kier alpha value is -2.11. The van der Waals surface area contributed by atoms with Crippen LogP contribution in [-0.4, -0.2) is 31.8 Å². The Kier molecular flexibility index (Phi) is 4.22. The van der Waals surface area contributed by atoms with Gasteiger partial charge >= 0.3 is 0 Å². The molecule has 1 aromatic carbocycles. The van der Waals surface area contributed by atoms with Gasteiger partial charge in [0.1, 0.15) is 5.84 Å². The molecule has 0 bridgehead atoms. The molecule has 6 nitrogen and oxygen atoms in total. The first kappa shape index (κ1) is 14.3. The number of hydrogen-bond acceptors (Lipinski definition) is 5. The van der Waals surface area contributed by atoms with Gasteiger partial charge in [-0.25, -0.2) is 0 Å². The summed E-state index contributed by atoms with van der Waals surface area (Å²) in [5, 5.41) is 15.1. The van der Waals surface area contributed by atoms with Crippen molar-refractivity contribution in [1.29, 1.82) is 0 Å². The molecule has 0 saturated heterocycles. The fourth-order valence-corrected chi connectivity index (χ4v) is 2.25. The highest BCUT2D eigenvalue weighted by molar-refractivity contribution is 5.80. The number of benzene rings is 1. The molecule has 1 aliphatic rings. The highest BCUT2D eigenvalue weighted by atomic mass is 16.5. The van der Waals surface area contributed by atoms with E-state index < -0.39 is 0 Å². The third-order valence-corrected chi connectivity index (χ3v) is 3.69. The van der Waals surface area contributed by atoms with Gasteiger partial charge in [0.15, 0.2) is 11.5 Å². The van der Waals surface area contributed by atoms with Gasteiger partial charge in [-0.2, -0.15) is 0 Å². The Labute approximate surface area is 118 Å². The lowest BCUT2D eigenvalue weighted by molar-refractivity contribution is 0.315. The van der Waals surface area contributed by atoms with Crippen LogP contribution in [-0.2, 0) is 0 Å². The van der Waals surface area contributed by atoms with E-state index >= 15 is 0 Å². The molecule has 0 amide bonds. The Morgan fingerprint density at radius 1 is 1.35 bits per heavy atom. The molecule has 0 atom stereocenters. The van der Waals surface area contributed by atoms with Gasteiger partial charge in [0.25, 0.3) is 0 Å². The summed E-state index contributed by atoms with van der Waals surface area (Å²) in [7, 11) is 3.23. The van der Waals surface area contributed by atoms with Crippen molar-refractivity contribution in [1.82, 2.24) is 0 Å². The minimum absolute atomic E-state index is 0.115. The zero-order valence-electron chi connectivity index (χ0n) is 11.8. The summed E-state index contributed by atoms with van der Waals surface area (Å²) in [5.74, 6) is 1.69. The maximum Gasteiger partial charge on any atom is 0.162 e. The molecule has 1 aromatic rings. The van der Waals surface area contributed by atoms with Crippen LogP contribution in [0.15, 0.2) is 23.4 Å². The molecule has 0 unspecified atom stereocenters. The third kappa shape index (κ3) is 3.26. The second kappa shape index (κ2) is 5.90. The number of methoxy groups -OCH3 is 2. The van der Waals surface area contributed by atoms with Crippen molar-refractivity contribution >= 4 is 11.5 Å². The van der Waals surface area contributed by atoms with Crippen LogP contribution in [0.4, 0.5) is 5.69 Å². The van der Waals surface area contributed by atoms with E-state index in [9.17, 15) is 0 Å². The van der Waals surface area contributed by atoms with Gasteiger partial charge in [-0.1, -0.05) is 5.16 Å². The molecular weight excluding hydrogens is 258 g/mol. The lowest BCUT2D eigenvalue weighted by Crippen LogP contribution is -2.23. The first-order valence-corrected chi connectivity index (χ1v) is 6.55. The number of anilines is 1. The van der Waals surface area contributed by atoms with Gasteiger partial charge in [0.2, 0.25) is 0 Å². The van der Waals surface area contributed by atoms with Crippen LogP contribution < -0.4 is 20.5 Å². The van der Waals surface area contributed by atoms with Crippen molar-refractivity contribution in [2.45, 2.75) is 19.3 Å². The monoisotopic (exact) mass is 279 g/mol. The van der Waals surface area contributed by atoms with Crippen molar-refractivity contribution in [2.75, 3.05) is 26.1 Å². The minimum atomic E-state index is 0.115. The van der Waals surface area contributed by atoms with E-state index in [4.69, 9.17) is 20.4 Å². The number of nitrogens with one attached hydrogen (secondary N) is 1. The minimum Gasteiger partial charge on any atom is -0.493 e. The van der Waals surface area contributed by atoms with Gasteiger partial charge in [-0.05, 0) is 30.4 Å². The molecule has 0 spiro atoms. The Morgan fingerprint density at radius 3 is 2.60 bits per heavy atom. The van der Waals surface area contributed by atoms with E-state index in [1.54, 1.807) is 14.2 Å². The zero-order chi connectivity index (χ0) is 14.6. The van der Waals surface area contributed by atoms with E-state index in [0.717, 1.165) is 25.1 Å². The third-order valence-electron chi connectivity index (χ3n) is 3.69. The average molecular weight is 279 g/mol. The van der Waals surface area contributed by atoms with Gasteiger partial charge in [-0.15, -0.1) is 0 Å². The molecule has 0 aromatic heterocycles.